The molecule has 1 N–H and O–H groups in total. The molecule has 0 aliphatic carbocycles. The summed E-state index contributed by atoms with van der Waals surface area (Å²) >= 11 is 5.62. The molecular weight excluding hydrogens is 242 g/mol. The smallest absolute Gasteiger partial charge is 0.241 e. The molecule has 0 amide bonds. The Bertz CT molecular complexity index is 449. The third-order valence-corrected chi connectivity index (χ3v) is 2.62. The highest BCUT2D eigenvalue weighted by atomic mass is 35.5. The Morgan fingerprint density at radius 3 is 2.80 bits per heavy atom. The molecule has 0 bridgehead atoms. The Balaban J connectivity index is 3.00. The molecule has 0 aliphatic rings. The quantitative estimate of drug-likeness (QED) is 0.796. The Labute approximate surface area is 92.7 Å². The van der Waals surface area contributed by atoms with Crippen LogP contribution in [0.3, 0.4) is 0 Å². The zero-order valence-corrected chi connectivity index (χ0v) is 9.47. The third-order valence-electron chi connectivity index (χ3n) is 1.40. The van der Waals surface area contributed by atoms with Crippen LogP contribution >= 0.6 is 11.6 Å². The summed E-state index contributed by atoms with van der Waals surface area (Å²) in [6, 6.07) is 1.36. The molecule has 1 aromatic heterocycles. The zero-order valence-electron chi connectivity index (χ0n) is 7.90. The summed E-state index contributed by atoms with van der Waals surface area (Å²) in [5.74, 6) is -0.273. The van der Waals surface area contributed by atoms with Crippen molar-refractivity contribution >= 4 is 27.6 Å². The van der Waals surface area contributed by atoms with Gasteiger partial charge in [-0.3, -0.25) is 4.72 Å². The molecule has 1 rings (SSSR count). The highest BCUT2D eigenvalue weighted by Gasteiger charge is 2.10. The van der Waals surface area contributed by atoms with Gasteiger partial charge in [-0.05, 0) is 6.92 Å². The van der Waals surface area contributed by atoms with Gasteiger partial charge in [0.15, 0.2) is 0 Å². The monoisotopic (exact) mass is 250 g/mol. The lowest BCUT2D eigenvalue weighted by Gasteiger charge is -2.05. The summed E-state index contributed by atoms with van der Waals surface area (Å²) in [5, 5.41) is 0.0867. The van der Waals surface area contributed by atoms with Gasteiger partial charge in [-0.2, -0.15) is 4.98 Å². The largest absolute Gasteiger partial charge is 0.481 e. The van der Waals surface area contributed by atoms with E-state index in [0.29, 0.717) is 0 Å². The average molecular weight is 251 g/mol. The molecule has 0 unspecified atom stereocenters. The summed E-state index contributed by atoms with van der Waals surface area (Å²) in [6.07, 6.45) is 0. The van der Waals surface area contributed by atoms with Crippen LogP contribution in [-0.4, -0.2) is 31.2 Å². The minimum Gasteiger partial charge on any atom is -0.481 e. The summed E-state index contributed by atoms with van der Waals surface area (Å²) in [4.78, 5) is 7.42. The standard InChI is InChI=1S/C7H9ClN3O3S/c1-3-15(12,13)11-7-9-5(8)4-6(10-7)14-2/h4H,1,3H2,2H3,(H,9,10,11). The SMILES string of the molecule is [CH2]CS(=O)(=O)Nc1nc(Cl)cc(OC)n1. The molecule has 0 aromatic carbocycles. The van der Waals surface area contributed by atoms with Crippen LogP contribution in [-0.2, 0) is 10.0 Å². The number of ether oxygens (including phenoxy) is 1. The van der Waals surface area contributed by atoms with Gasteiger partial charge in [0.2, 0.25) is 21.9 Å². The minimum absolute atomic E-state index is 0.0867. The van der Waals surface area contributed by atoms with Crippen molar-refractivity contribution in [3.05, 3.63) is 18.1 Å². The van der Waals surface area contributed by atoms with Crippen molar-refractivity contribution < 1.29 is 13.2 Å². The second-order valence-corrected chi connectivity index (χ2v) is 4.71. The van der Waals surface area contributed by atoms with Gasteiger partial charge in [-0.25, -0.2) is 13.4 Å². The number of sulfonamides is 1. The maximum absolute atomic E-state index is 11.1. The lowest BCUT2D eigenvalue weighted by Crippen LogP contribution is -2.16. The number of hydrogen-bond donors (Lipinski definition) is 1. The van der Waals surface area contributed by atoms with E-state index < -0.39 is 10.0 Å². The van der Waals surface area contributed by atoms with E-state index >= 15 is 0 Å². The van der Waals surface area contributed by atoms with E-state index in [0.717, 1.165) is 0 Å². The summed E-state index contributed by atoms with van der Waals surface area (Å²) in [5.41, 5.74) is 0. The molecule has 1 heterocycles. The number of halogens is 1. The Morgan fingerprint density at radius 1 is 1.60 bits per heavy atom. The maximum Gasteiger partial charge on any atom is 0.241 e. The van der Waals surface area contributed by atoms with E-state index in [9.17, 15) is 8.42 Å². The second-order valence-electron chi connectivity index (χ2n) is 2.48. The Kier molecular flexibility index (Phi) is 3.70. The van der Waals surface area contributed by atoms with Gasteiger partial charge in [0.1, 0.15) is 5.15 Å². The van der Waals surface area contributed by atoms with E-state index in [1.807, 2.05) is 0 Å². The Morgan fingerprint density at radius 2 is 2.27 bits per heavy atom. The normalized spacial score (nSPS) is 11.1. The van der Waals surface area contributed by atoms with Crippen molar-refractivity contribution in [3.63, 3.8) is 0 Å². The first-order valence-corrected chi connectivity index (χ1v) is 5.88. The number of aromatic nitrogens is 2. The summed E-state index contributed by atoms with van der Waals surface area (Å²) in [6.45, 7) is 3.25. The van der Waals surface area contributed by atoms with Crippen molar-refractivity contribution in [2.24, 2.45) is 0 Å². The zero-order chi connectivity index (χ0) is 11.5. The van der Waals surface area contributed by atoms with Crippen LogP contribution < -0.4 is 9.46 Å². The molecule has 8 heteroatoms. The number of rotatable bonds is 4. The van der Waals surface area contributed by atoms with Gasteiger partial charge < -0.3 is 4.74 Å². The predicted octanol–water partition coefficient (Wildman–Crippen LogP) is 0.714. The van der Waals surface area contributed by atoms with Crippen LogP contribution in [0.25, 0.3) is 0 Å². The molecule has 15 heavy (non-hydrogen) atoms. The number of nitrogens with zero attached hydrogens (tertiary/aromatic N) is 2. The number of methoxy groups -OCH3 is 1. The molecule has 83 valence electrons. The highest BCUT2D eigenvalue weighted by Crippen LogP contribution is 2.16. The third kappa shape index (κ3) is 3.52. The van der Waals surface area contributed by atoms with Crippen LogP contribution in [0.1, 0.15) is 0 Å². The lowest BCUT2D eigenvalue weighted by atomic mass is 10.6. The van der Waals surface area contributed by atoms with E-state index in [2.05, 4.69) is 21.6 Å². The van der Waals surface area contributed by atoms with E-state index in [4.69, 9.17) is 16.3 Å². The van der Waals surface area contributed by atoms with Crippen molar-refractivity contribution in [1.82, 2.24) is 9.97 Å². The number of anilines is 1. The fourth-order valence-electron chi connectivity index (χ4n) is 0.737. The van der Waals surface area contributed by atoms with Crippen molar-refractivity contribution in [3.8, 4) is 5.88 Å². The number of hydrogen-bond acceptors (Lipinski definition) is 5. The van der Waals surface area contributed by atoms with Crippen LogP contribution in [0.15, 0.2) is 6.07 Å². The van der Waals surface area contributed by atoms with Gasteiger partial charge >= 0.3 is 0 Å². The van der Waals surface area contributed by atoms with E-state index in [1.165, 1.54) is 13.2 Å². The molecule has 0 aliphatic heterocycles. The summed E-state index contributed by atoms with van der Waals surface area (Å²) < 4.78 is 29.2. The van der Waals surface area contributed by atoms with E-state index in [1.54, 1.807) is 0 Å². The molecule has 1 radical (unpaired) electrons. The van der Waals surface area contributed by atoms with Gasteiger partial charge in [-0.15, -0.1) is 0 Å². The molecular formula is C7H9ClN3O3S. The molecule has 0 saturated carbocycles. The summed E-state index contributed by atoms with van der Waals surface area (Å²) in [7, 11) is -2.13. The van der Waals surface area contributed by atoms with Crippen molar-refractivity contribution in [1.29, 1.82) is 0 Å². The van der Waals surface area contributed by atoms with Gasteiger partial charge in [0, 0.05) is 6.07 Å². The molecule has 1 aromatic rings. The first-order valence-electron chi connectivity index (χ1n) is 3.85. The minimum atomic E-state index is -3.51. The molecule has 6 nitrogen and oxygen atoms in total. The van der Waals surface area contributed by atoms with Crippen LogP contribution in [0.4, 0.5) is 5.95 Å². The molecule has 0 spiro atoms. The lowest BCUT2D eigenvalue weighted by molar-refractivity contribution is 0.397. The van der Waals surface area contributed by atoms with Gasteiger partial charge in [-0.1, -0.05) is 11.6 Å². The van der Waals surface area contributed by atoms with E-state index in [-0.39, 0.29) is 22.7 Å². The predicted molar refractivity (Wildman–Crippen MR) is 56.4 cm³/mol. The van der Waals surface area contributed by atoms with Gasteiger partial charge in [0.05, 0.1) is 12.9 Å². The molecule has 0 fully saturated rings. The second kappa shape index (κ2) is 4.63. The molecule has 0 atom stereocenters. The van der Waals surface area contributed by atoms with Gasteiger partial charge in [0.25, 0.3) is 0 Å². The Hall–Kier alpha value is -1.08. The maximum atomic E-state index is 11.1. The van der Waals surface area contributed by atoms with Crippen LogP contribution in [0.5, 0.6) is 5.88 Å². The van der Waals surface area contributed by atoms with Crippen LogP contribution in [0.2, 0.25) is 5.15 Å². The topological polar surface area (TPSA) is 81.2 Å². The fourth-order valence-corrected chi connectivity index (χ4v) is 1.38. The molecule has 0 saturated heterocycles. The van der Waals surface area contributed by atoms with Crippen LogP contribution in [0, 0.1) is 6.92 Å². The van der Waals surface area contributed by atoms with Crippen molar-refractivity contribution in [2.45, 2.75) is 0 Å². The first kappa shape index (κ1) is 12.0. The van der Waals surface area contributed by atoms with Crippen molar-refractivity contribution in [2.75, 3.05) is 17.6 Å². The highest BCUT2D eigenvalue weighted by molar-refractivity contribution is 7.92. The fraction of sp³-hybridized carbons (Fsp3) is 0.286. The first-order chi connectivity index (χ1) is 6.96. The number of nitrogens with one attached hydrogen (secondary N) is 1. The average Bonchev–Trinajstić information content (AvgIpc) is 2.16.